The minimum atomic E-state index is 0.147. The van der Waals surface area contributed by atoms with Gasteiger partial charge in [0, 0.05) is 24.5 Å². The van der Waals surface area contributed by atoms with Gasteiger partial charge in [-0.2, -0.15) is 0 Å². The van der Waals surface area contributed by atoms with Gasteiger partial charge in [-0.15, -0.1) is 0 Å². The maximum Gasteiger partial charge on any atom is 0.226 e. The van der Waals surface area contributed by atoms with Gasteiger partial charge in [-0.1, -0.05) is 49.1 Å². The molecule has 1 N–H and O–H groups in total. The van der Waals surface area contributed by atoms with Gasteiger partial charge in [-0.3, -0.25) is 4.79 Å². The highest BCUT2D eigenvalue weighted by molar-refractivity contribution is 5.79. The molecule has 1 amide bonds. The molecule has 122 valence electrons. The fraction of sp³-hybridized carbons (Fsp3) is 0.450. The average Bonchev–Trinajstić information content (AvgIpc) is 2.90. The van der Waals surface area contributed by atoms with Gasteiger partial charge in [0.25, 0.3) is 0 Å². The van der Waals surface area contributed by atoms with Crippen molar-refractivity contribution < 1.29 is 4.79 Å². The van der Waals surface area contributed by atoms with Crippen LogP contribution in [0, 0.1) is 6.92 Å². The monoisotopic (exact) mass is 310 g/mol. The Hall–Kier alpha value is -2.03. The Kier molecular flexibility index (Phi) is 4.85. The summed E-state index contributed by atoms with van der Waals surface area (Å²) in [4.78, 5) is 12.3. The van der Waals surface area contributed by atoms with Crippen LogP contribution >= 0.6 is 0 Å². The predicted molar refractivity (Wildman–Crippen MR) is 94.3 cm³/mol. The first-order chi connectivity index (χ1) is 11.1. The molecule has 23 heavy (non-hydrogen) atoms. The molecule has 1 heterocycles. The third kappa shape index (κ3) is 3.84. The zero-order valence-corrected chi connectivity index (χ0v) is 14.1. The highest BCUT2D eigenvalue weighted by Gasteiger charge is 2.17. The molecule has 0 atom stereocenters. The molecular weight excluding hydrogens is 284 g/mol. The van der Waals surface area contributed by atoms with E-state index in [1.807, 2.05) is 7.05 Å². The van der Waals surface area contributed by atoms with Crippen LogP contribution in [-0.4, -0.2) is 16.5 Å². The highest BCUT2D eigenvalue weighted by Crippen LogP contribution is 2.22. The quantitative estimate of drug-likeness (QED) is 0.910. The maximum atomic E-state index is 12.3. The van der Waals surface area contributed by atoms with E-state index in [2.05, 4.69) is 53.2 Å². The number of benzene rings is 1. The number of amides is 1. The van der Waals surface area contributed by atoms with E-state index < -0.39 is 0 Å². The van der Waals surface area contributed by atoms with E-state index in [9.17, 15) is 4.79 Å². The van der Waals surface area contributed by atoms with Crippen molar-refractivity contribution in [2.45, 2.75) is 51.5 Å². The predicted octanol–water partition coefficient (Wildman–Crippen LogP) is 3.99. The summed E-state index contributed by atoms with van der Waals surface area (Å²) in [5.41, 5.74) is 4.67. The number of carbonyl (C=O) groups is 1. The average molecular weight is 310 g/mol. The first kappa shape index (κ1) is 15.9. The molecule has 1 aromatic carbocycles. The number of nitrogens with one attached hydrogen (secondary N) is 1. The summed E-state index contributed by atoms with van der Waals surface area (Å²) in [6, 6.07) is 13.1. The van der Waals surface area contributed by atoms with Gasteiger partial charge in [0.2, 0.25) is 5.91 Å². The molecule has 3 heteroatoms. The fourth-order valence-corrected chi connectivity index (χ4v) is 3.44. The van der Waals surface area contributed by atoms with Crippen LogP contribution in [0.15, 0.2) is 36.4 Å². The molecule has 1 saturated carbocycles. The van der Waals surface area contributed by atoms with E-state index in [0.29, 0.717) is 12.5 Å². The summed E-state index contributed by atoms with van der Waals surface area (Å²) >= 11 is 0. The number of hydrogen-bond donors (Lipinski definition) is 1. The van der Waals surface area contributed by atoms with Crippen molar-refractivity contribution in [1.82, 2.24) is 9.88 Å². The molecular formula is C20H26N2O. The summed E-state index contributed by atoms with van der Waals surface area (Å²) < 4.78 is 2.13. The van der Waals surface area contributed by atoms with Gasteiger partial charge in [-0.05, 0) is 37.5 Å². The highest BCUT2D eigenvalue weighted by atomic mass is 16.1. The summed E-state index contributed by atoms with van der Waals surface area (Å²) in [6.45, 7) is 2.09. The van der Waals surface area contributed by atoms with E-state index in [-0.39, 0.29) is 5.91 Å². The first-order valence-corrected chi connectivity index (χ1v) is 8.64. The summed E-state index contributed by atoms with van der Waals surface area (Å²) in [5.74, 6) is 0.147. The number of carbonyl (C=O) groups excluding carboxylic acids is 1. The second kappa shape index (κ2) is 7.03. The number of aryl methyl sites for hydroxylation is 1. The summed E-state index contributed by atoms with van der Waals surface area (Å²) in [6.07, 6.45) is 6.52. The van der Waals surface area contributed by atoms with Gasteiger partial charge >= 0.3 is 0 Å². The van der Waals surface area contributed by atoms with Crippen LogP contribution in [0.1, 0.15) is 43.4 Å². The SMILES string of the molecule is Cc1ccc(-c2ccc(CC(=O)NC3CCCCC3)n2C)cc1. The second-order valence-corrected chi connectivity index (χ2v) is 6.71. The van der Waals surface area contributed by atoms with Crippen LogP contribution < -0.4 is 5.32 Å². The number of nitrogens with zero attached hydrogens (tertiary/aromatic N) is 1. The van der Waals surface area contributed by atoms with Crippen LogP contribution in [-0.2, 0) is 18.3 Å². The molecule has 2 aromatic rings. The Morgan fingerprint density at radius 1 is 1.09 bits per heavy atom. The summed E-state index contributed by atoms with van der Waals surface area (Å²) in [5, 5.41) is 3.20. The van der Waals surface area contributed by atoms with Crippen molar-refractivity contribution >= 4 is 5.91 Å². The zero-order chi connectivity index (χ0) is 16.2. The Morgan fingerprint density at radius 3 is 2.48 bits per heavy atom. The van der Waals surface area contributed by atoms with Crippen LogP contribution in [0.25, 0.3) is 11.3 Å². The molecule has 0 spiro atoms. The van der Waals surface area contributed by atoms with Crippen LogP contribution in [0.4, 0.5) is 0 Å². The van der Waals surface area contributed by atoms with Gasteiger partial charge in [-0.25, -0.2) is 0 Å². The lowest BCUT2D eigenvalue weighted by molar-refractivity contribution is -0.121. The second-order valence-electron chi connectivity index (χ2n) is 6.71. The van der Waals surface area contributed by atoms with Crippen LogP contribution in [0.5, 0.6) is 0 Å². The molecule has 0 radical (unpaired) electrons. The zero-order valence-electron chi connectivity index (χ0n) is 14.1. The number of rotatable bonds is 4. The van der Waals surface area contributed by atoms with E-state index in [4.69, 9.17) is 0 Å². The van der Waals surface area contributed by atoms with Crippen LogP contribution in [0.3, 0.4) is 0 Å². The largest absolute Gasteiger partial charge is 0.353 e. The summed E-state index contributed by atoms with van der Waals surface area (Å²) in [7, 11) is 2.04. The Balaban J connectivity index is 1.66. The molecule has 0 bridgehead atoms. The van der Waals surface area contributed by atoms with E-state index >= 15 is 0 Å². The molecule has 3 nitrogen and oxygen atoms in total. The number of hydrogen-bond acceptors (Lipinski definition) is 1. The number of aromatic nitrogens is 1. The van der Waals surface area contributed by atoms with Gasteiger partial charge in [0.15, 0.2) is 0 Å². The normalized spacial score (nSPS) is 15.6. The van der Waals surface area contributed by atoms with Gasteiger partial charge in [0.05, 0.1) is 6.42 Å². The lowest BCUT2D eigenvalue weighted by Gasteiger charge is -2.22. The molecule has 0 aliphatic heterocycles. The van der Waals surface area contributed by atoms with Crippen molar-refractivity contribution in [3.8, 4) is 11.3 Å². The molecule has 1 aliphatic carbocycles. The minimum Gasteiger partial charge on any atom is -0.353 e. The van der Waals surface area contributed by atoms with Gasteiger partial charge < -0.3 is 9.88 Å². The Labute approximate surface area is 138 Å². The molecule has 1 aliphatic rings. The Bertz CT molecular complexity index is 663. The third-order valence-corrected chi connectivity index (χ3v) is 4.89. The standard InChI is InChI=1S/C20H26N2O/c1-15-8-10-16(11-9-15)19-13-12-18(22(19)2)14-20(23)21-17-6-4-3-5-7-17/h8-13,17H,3-7,14H2,1-2H3,(H,21,23). The Morgan fingerprint density at radius 2 is 1.78 bits per heavy atom. The van der Waals surface area contributed by atoms with Crippen molar-refractivity contribution in [2.75, 3.05) is 0 Å². The van der Waals surface area contributed by atoms with Crippen molar-refractivity contribution in [3.63, 3.8) is 0 Å². The molecule has 1 aromatic heterocycles. The van der Waals surface area contributed by atoms with Crippen molar-refractivity contribution in [2.24, 2.45) is 7.05 Å². The smallest absolute Gasteiger partial charge is 0.226 e. The van der Waals surface area contributed by atoms with E-state index in [1.165, 1.54) is 30.4 Å². The molecule has 1 fully saturated rings. The molecule has 3 rings (SSSR count). The molecule has 0 saturated heterocycles. The van der Waals surface area contributed by atoms with Gasteiger partial charge in [0.1, 0.15) is 0 Å². The topological polar surface area (TPSA) is 34.0 Å². The van der Waals surface area contributed by atoms with Crippen molar-refractivity contribution in [3.05, 3.63) is 47.7 Å². The maximum absolute atomic E-state index is 12.3. The van der Waals surface area contributed by atoms with Crippen molar-refractivity contribution in [1.29, 1.82) is 0 Å². The third-order valence-electron chi connectivity index (χ3n) is 4.89. The minimum absolute atomic E-state index is 0.147. The lowest BCUT2D eigenvalue weighted by atomic mass is 9.95. The first-order valence-electron chi connectivity index (χ1n) is 8.64. The molecule has 0 unspecified atom stereocenters. The van der Waals surface area contributed by atoms with E-state index in [1.54, 1.807) is 0 Å². The lowest BCUT2D eigenvalue weighted by Crippen LogP contribution is -2.37. The van der Waals surface area contributed by atoms with Crippen LogP contribution in [0.2, 0.25) is 0 Å². The fourth-order valence-electron chi connectivity index (χ4n) is 3.44. The van der Waals surface area contributed by atoms with E-state index in [0.717, 1.165) is 24.2 Å².